The molecule has 1 atom stereocenters. The topological polar surface area (TPSA) is 32.5 Å². The lowest BCUT2D eigenvalue weighted by atomic mass is 10.1. The first-order valence-electron chi connectivity index (χ1n) is 8.13. The Hall–Kier alpha value is -1.06. The zero-order valence-electron chi connectivity index (χ0n) is 12.4. The summed E-state index contributed by atoms with van der Waals surface area (Å²) in [6.07, 6.45) is 6.51. The third-order valence-electron chi connectivity index (χ3n) is 4.88. The van der Waals surface area contributed by atoms with E-state index in [4.69, 9.17) is 5.73 Å². The van der Waals surface area contributed by atoms with Gasteiger partial charge in [0.1, 0.15) is 0 Å². The van der Waals surface area contributed by atoms with Crippen molar-refractivity contribution in [3.05, 3.63) is 29.8 Å². The summed E-state index contributed by atoms with van der Waals surface area (Å²) < 4.78 is 0. The van der Waals surface area contributed by atoms with Crippen molar-refractivity contribution < 1.29 is 0 Å². The van der Waals surface area contributed by atoms with Gasteiger partial charge in [-0.3, -0.25) is 4.90 Å². The number of nitrogens with two attached hydrogens (primary N) is 1. The number of likely N-dealkylation sites (tertiary alicyclic amines) is 2. The van der Waals surface area contributed by atoms with Crippen LogP contribution in [0, 0.1) is 0 Å². The molecule has 20 heavy (non-hydrogen) atoms. The van der Waals surface area contributed by atoms with Gasteiger partial charge in [-0.25, -0.2) is 0 Å². The third kappa shape index (κ3) is 3.33. The second-order valence-electron chi connectivity index (χ2n) is 6.29. The molecule has 1 aromatic carbocycles. The summed E-state index contributed by atoms with van der Waals surface area (Å²) in [6, 6.07) is 9.10. The molecule has 1 unspecified atom stereocenters. The summed E-state index contributed by atoms with van der Waals surface area (Å²) in [6.45, 7) is 6.45. The van der Waals surface area contributed by atoms with E-state index < -0.39 is 0 Å². The van der Waals surface area contributed by atoms with Crippen LogP contribution in [0.5, 0.6) is 0 Å². The van der Waals surface area contributed by atoms with Crippen LogP contribution in [0.3, 0.4) is 0 Å². The number of benzene rings is 1. The molecule has 2 heterocycles. The van der Waals surface area contributed by atoms with Crippen molar-refractivity contribution in [3.8, 4) is 0 Å². The van der Waals surface area contributed by atoms with Crippen molar-refractivity contribution >= 4 is 5.69 Å². The minimum Gasteiger partial charge on any atom is -0.399 e. The van der Waals surface area contributed by atoms with E-state index in [9.17, 15) is 0 Å². The van der Waals surface area contributed by atoms with Crippen LogP contribution in [0.1, 0.15) is 31.2 Å². The molecule has 0 amide bonds. The Bertz CT molecular complexity index is 426. The second-order valence-corrected chi connectivity index (χ2v) is 6.29. The van der Waals surface area contributed by atoms with Gasteiger partial charge in [0.25, 0.3) is 0 Å². The Kier molecular flexibility index (Phi) is 4.58. The molecule has 2 N–H and O–H groups in total. The van der Waals surface area contributed by atoms with Gasteiger partial charge in [-0.2, -0.15) is 0 Å². The second kappa shape index (κ2) is 6.59. The highest BCUT2D eigenvalue weighted by Crippen LogP contribution is 2.21. The Balaban J connectivity index is 1.40. The maximum atomic E-state index is 6.00. The molecule has 2 aliphatic rings. The van der Waals surface area contributed by atoms with Crippen LogP contribution in [0.2, 0.25) is 0 Å². The normalized spacial score (nSPS) is 24.5. The van der Waals surface area contributed by atoms with Crippen LogP contribution in [-0.2, 0) is 6.42 Å². The molecule has 3 heteroatoms. The Morgan fingerprint density at radius 1 is 1.10 bits per heavy atom. The minimum atomic E-state index is 0.833. The van der Waals surface area contributed by atoms with Crippen molar-refractivity contribution in [3.63, 3.8) is 0 Å². The highest BCUT2D eigenvalue weighted by Gasteiger charge is 2.28. The molecule has 0 spiro atoms. The van der Waals surface area contributed by atoms with Gasteiger partial charge in [-0.05, 0) is 69.9 Å². The molecule has 2 aliphatic heterocycles. The quantitative estimate of drug-likeness (QED) is 0.836. The fourth-order valence-corrected chi connectivity index (χ4v) is 3.68. The highest BCUT2D eigenvalue weighted by atomic mass is 15.3. The summed E-state index contributed by atoms with van der Waals surface area (Å²) in [7, 11) is 0. The van der Waals surface area contributed by atoms with Gasteiger partial charge in [0.05, 0.1) is 0 Å². The van der Waals surface area contributed by atoms with Gasteiger partial charge < -0.3 is 10.6 Å². The number of para-hydroxylation sites is 1. The van der Waals surface area contributed by atoms with Crippen LogP contribution in [0.4, 0.5) is 5.69 Å². The SMILES string of the molecule is Nc1ccccc1CCCN1CCC(N2CCCC2)C1. The molecule has 2 saturated heterocycles. The number of nitrogen functional groups attached to an aromatic ring is 1. The smallest absolute Gasteiger partial charge is 0.0346 e. The van der Waals surface area contributed by atoms with Crippen LogP contribution >= 0.6 is 0 Å². The van der Waals surface area contributed by atoms with Gasteiger partial charge in [0.2, 0.25) is 0 Å². The van der Waals surface area contributed by atoms with E-state index >= 15 is 0 Å². The zero-order chi connectivity index (χ0) is 13.8. The summed E-state index contributed by atoms with van der Waals surface area (Å²) in [5, 5.41) is 0. The van der Waals surface area contributed by atoms with E-state index in [1.807, 2.05) is 12.1 Å². The van der Waals surface area contributed by atoms with Crippen LogP contribution < -0.4 is 5.73 Å². The number of hydrogen-bond acceptors (Lipinski definition) is 3. The highest BCUT2D eigenvalue weighted by molar-refractivity contribution is 5.46. The molecule has 3 nitrogen and oxygen atoms in total. The lowest BCUT2D eigenvalue weighted by molar-refractivity contribution is 0.231. The molecule has 3 rings (SSSR count). The maximum absolute atomic E-state index is 6.00. The molecule has 0 aromatic heterocycles. The summed E-state index contributed by atoms with van der Waals surface area (Å²) in [5.74, 6) is 0. The van der Waals surface area contributed by atoms with Gasteiger partial charge in [0, 0.05) is 18.3 Å². The molecule has 2 fully saturated rings. The standard InChI is InChI=1S/C17H27N3/c18-17-8-2-1-6-15(17)7-5-10-19-13-9-16(14-19)20-11-3-4-12-20/h1-2,6,8,16H,3-5,7,9-14,18H2. The maximum Gasteiger partial charge on any atom is 0.0346 e. The van der Waals surface area contributed by atoms with E-state index in [0.29, 0.717) is 0 Å². The summed E-state index contributed by atoms with van der Waals surface area (Å²) >= 11 is 0. The van der Waals surface area contributed by atoms with Gasteiger partial charge in [-0.15, -0.1) is 0 Å². The average Bonchev–Trinajstić information content (AvgIpc) is 3.11. The zero-order valence-corrected chi connectivity index (χ0v) is 12.4. The predicted octanol–water partition coefficient (Wildman–Crippen LogP) is 2.37. The van der Waals surface area contributed by atoms with Crippen LogP contribution in [-0.4, -0.2) is 48.6 Å². The predicted molar refractivity (Wildman–Crippen MR) is 84.8 cm³/mol. The van der Waals surface area contributed by atoms with E-state index in [0.717, 1.165) is 18.2 Å². The lowest BCUT2D eigenvalue weighted by Gasteiger charge is -2.23. The fraction of sp³-hybridized carbons (Fsp3) is 0.647. The first kappa shape index (κ1) is 13.9. The molecule has 110 valence electrons. The van der Waals surface area contributed by atoms with Crippen LogP contribution in [0.15, 0.2) is 24.3 Å². The number of nitrogens with zero attached hydrogens (tertiary/aromatic N) is 2. The summed E-state index contributed by atoms with van der Waals surface area (Å²) in [4.78, 5) is 5.34. The van der Waals surface area contributed by atoms with Crippen molar-refractivity contribution in [2.24, 2.45) is 0 Å². The van der Waals surface area contributed by atoms with Gasteiger partial charge >= 0.3 is 0 Å². The largest absolute Gasteiger partial charge is 0.399 e. The number of rotatable bonds is 5. The van der Waals surface area contributed by atoms with E-state index in [-0.39, 0.29) is 0 Å². The van der Waals surface area contributed by atoms with Gasteiger partial charge in [0.15, 0.2) is 0 Å². The van der Waals surface area contributed by atoms with E-state index in [2.05, 4.69) is 21.9 Å². The molecule has 0 aliphatic carbocycles. The van der Waals surface area contributed by atoms with Crippen LogP contribution in [0.25, 0.3) is 0 Å². The first-order chi connectivity index (χ1) is 9.83. The Labute approximate surface area is 122 Å². The third-order valence-corrected chi connectivity index (χ3v) is 4.88. The minimum absolute atomic E-state index is 0.833. The number of aryl methyl sites for hydroxylation is 1. The van der Waals surface area contributed by atoms with Crippen molar-refractivity contribution in [2.75, 3.05) is 38.5 Å². The molecular formula is C17H27N3. The number of hydrogen-bond donors (Lipinski definition) is 1. The number of anilines is 1. The van der Waals surface area contributed by atoms with E-state index in [1.165, 1.54) is 64.0 Å². The molecule has 0 saturated carbocycles. The Morgan fingerprint density at radius 3 is 2.70 bits per heavy atom. The van der Waals surface area contributed by atoms with Crippen molar-refractivity contribution in [2.45, 2.75) is 38.1 Å². The summed E-state index contributed by atoms with van der Waals surface area (Å²) in [5.41, 5.74) is 8.26. The lowest BCUT2D eigenvalue weighted by Crippen LogP contribution is -2.35. The average molecular weight is 273 g/mol. The molecule has 0 radical (unpaired) electrons. The van der Waals surface area contributed by atoms with Gasteiger partial charge in [-0.1, -0.05) is 18.2 Å². The molecule has 1 aromatic rings. The fourth-order valence-electron chi connectivity index (χ4n) is 3.68. The Morgan fingerprint density at radius 2 is 1.90 bits per heavy atom. The van der Waals surface area contributed by atoms with Crippen molar-refractivity contribution in [1.29, 1.82) is 0 Å². The first-order valence-corrected chi connectivity index (χ1v) is 8.13. The van der Waals surface area contributed by atoms with Crippen molar-refractivity contribution in [1.82, 2.24) is 9.80 Å². The monoisotopic (exact) mass is 273 g/mol. The van der Waals surface area contributed by atoms with E-state index in [1.54, 1.807) is 0 Å². The molecule has 0 bridgehead atoms. The molecular weight excluding hydrogens is 246 g/mol.